The molecule has 28 heavy (non-hydrogen) atoms. The van der Waals surface area contributed by atoms with Gasteiger partial charge in [-0.3, -0.25) is 9.59 Å². The lowest BCUT2D eigenvalue weighted by Crippen LogP contribution is -2.64. The molecule has 6 nitrogen and oxygen atoms in total. The third kappa shape index (κ3) is 2.95. The molecule has 0 unspecified atom stereocenters. The molecule has 1 aromatic carbocycles. The molecule has 6 heteroatoms. The number of hydrogen-bond donors (Lipinski definition) is 1. The molecule has 1 fully saturated rings. The topological polar surface area (TPSA) is 63.6 Å². The second-order valence-electron chi connectivity index (χ2n) is 8.23. The Labute approximate surface area is 165 Å². The molecule has 1 saturated carbocycles. The molecule has 1 aliphatic carbocycles. The van der Waals surface area contributed by atoms with Crippen molar-refractivity contribution in [3.8, 4) is 5.75 Å². The van der Waals surface area contributed by atoms with E-state index in [2.05, 4.69) is 5.32 Å². The van der Waals surface area contributed by atoms with Gasteiger partial charge in [-0.2, -0.15) is 0 Å². The summed E-state index contributed by atoms with van der Waals surface area (Å²) in [5.74, 6) is 0.623. The molecular weight excluding hydrogens is 354 g/mol. The lowest BCUT2D eigenvalue weighted by atomic mass is 9.94. The normalized spacial score (nSPS) is 22.5. The van der Waals surface area contributed by atoms with Crippen LogP contribution in [0, 0.1) is 0 Å². The van der Waals surface area contributed by atoms with Gasteiger partial charge in [0.25, 0.3) is 5.91 Å². The van der Waals surface area contributed by atoms with Crippen molar-refractivity contribution >= 4 is 22.7 Å². The number of rotatable bonds is 5. The highest BCUT2D eigenvalue weighted by atomic mass is 16.5. The Kier molecular flexibility index (Phi) is 4.81. The fraction of sp³-hybridized carbons (Fsp3) is 0.545. The van der Waals surface area contributed by atoms with Gasteiger partial charge in [0.2, 0.25) is 5.91 Å². The van der Waals surface area contributed by atoms with Gasteiger partial charge in [0.05, 0.1) is 19.2 Å². The Hall–Kier alpha value is -2.50. The van der Waals surface area contributed by atoms with E-state index in [1.807, 2.05) is 42.7 Å². The van der Waals surface area contributed by atoms with E-state index in [4.69, 9.17) is 4.74 Å². The van der Waals surface area contributed by atoms with Crippen LogP contribution < -0.4 is 10.1 Å². The van der Waals surface area contributed by atoms with Gasteiger partial charge in [-0.1, -0.05) is 19.8 Å². The van der Waals surface area contributed by atoms with Crippen molar-refractivity contribution in [2.75, 3.05) is 13.7 Å². The van der Waals surface area contributed by atoms with Gasteiger partial charge in [-0.15, -0.1) is 0 Å². The summed E-state index contributed by atoms with van der Waals surface area (Å²) in [5, 5.41) is 4.21. The molecule has 1 atom stereocenters. The Balaban J connectivity index is 1.76. The zero-order valence-electron chi connectivity index (χ0n) is 17.0. The third-order valence-corrected chi connectivity index (χ3v) is 6.26. The molecule has 2 heterocycles. The first-order valence-electron chi connectivity index (χ1n) is 10.3. The summed E-state index contributed by atoms with van der Waals surface area (Å²) in [6, 6.07) is 7.96. The monoisotopic (exact) mass is 383 g/mol. The van der Waals surface area contributed by atoms with Gasteiger partial charge in [-0.05, 0) is 44.4 Å². The van der Waals surface area contributed by atoms with Crippen molar-refractivity contribution in [3.05, 3.63) is 30.0 Å². The fourth-order valence-corrected chi connectivity index (χ4v) is 4.64. The van der Waals surface area contributed by atoms with Crippen molar-refractivity contribution in [2.45, 2.75) is 64.1 Å². The summed E-state index contributed by atoms with van der Waals surface area (Å²) in [6.45, 7) is 4.96. The molecule has 2 aliphatic rings. The lowest BCUT2D eigenvalue weighted by Gasteiger charge is -2.44. The number of aromatic nitrogens is 1. The van der Waals surface area contributed by atoms with Crippen LogP contribution in [0.4, 0.5) is 0 Å². The van der Waals surface area contributed by atoms with Crippen LogP contribution in [0.3, 0.4) is 0 Å². The molecule has 2 amide bonds. The third-order valence-electron chi connectivity index (χ3n) is 6.26. The summed E-state index contributed by atoms with van der Waals surface area (Å²) < 4.78 is 7.36. The van der Waals surface area contributed by atoms with Crippen LogP contribution in [0.15, 0.2) is 24.3 Å². The van der Waals surface area contributed by atoms with Crippen LogP contribution in [0.1, 0.15) is 56.4 Å². The summed E-state index contributed by atoms with van der Waals surface area (Å²) in [6.07, 6.45) is 5.18. The van der Waals surface area contributed by atoms with Gasteiger partial charge < -0.3 is 19.5 Å². The van der Waals surface area contributed by atoms with Crippen molar-refractivity contribution in [3.63, 3.8) is 0 Å². The number of nitrogens with zero attached hydrogens (tertiary/aromatic N) is 2. The zero-order chi connectivity index (χ0) is 19.9. The Morgan fingerprint density at radius 2 is 2.04 bits per heavy atom. The van der Waals surface area contributed by atoms with Crippen molar-refractivity contribution in [2.24, 2.45) is 0 Å². The minimum absolute atomic E-state index is 0.0448. The summed E-state index contributed by atoms with van der Waals surface area (Å²) in [7, 11) is 1.63. The largest absolute Gasteiger partial charge is 0.497 e. The molecule has 0 radical (unpaired) electrons. The van der Waals surface area contributed by atoms with E-state index in [1.165, 1.54) is 0 Å². The predicted molar refractivity (Wildman–Crippen MR) is 109 cm³/mol. The standard InChI is InChI=1S/C22H29N3O3/c1-4-11-25-20(26)19-12-15-9-10-17(28-3)13-18(15)24(19)14-22(25,2)21(27)23-16-7-5-6-8-16/h9-10,12-13,16H,4-8,11,14H2,1-3H3,(H,23,27)/t22-/m0/s1. The number of carbonyl (C=O) groups excluding carboxylic acids is 2. The molecule has 150 valence electrons. The quantitative estimate of drug-likeness (QED) is 0.861. The molecule has 1 N–H and O–H groups in total. The summed E-state index contributed by atoms with van der Waals surface area (Å²) >= 11 is 0. The molecule has 0 saturated heterocycles. The SMILES string of the molecule is CCCN1C(=O)c2cc3ccc(OC)cc3n2C[C@@]1(C)C(=O)NC1CCCC1. The highest BCUT2D eigenvalue weighted by Gasteiger charge is 2.47. The van der Waals surface area contributed by atoms with Crippen LogP contribution >= 0.6 is 0 Å². The van der Waals surface area contributed by atoms with Gasteiger partial charge >= 0.3 is 0 Å². The number of carbonyl (C=O) groups is 2. The maximum atomic E-state index is 13.4. The molecule has 0 bridgehead atoms. The molecule has 0 spiro atoms. The maximum Gasteiger partial charge on any atom is 0.271 e. The van der Waals surface area contributed by atoms with E-state index in [0.29, 0.717) is 18.8 Å². The van der Waals surface area contributed by atoms with E-state index in [1.54, 1.807) is 12.0 Å². The van der Waals surface area contributed by atoms with Crippen LogP contribution in [-0.4, -0.2) is 46.5 Å². The zero-order valence-corrected chi connectivity index (χ0v) is 17.0. The Morgan fingerprint density at radius 1 is 1.29 bits per heavy atom. The highest BCUT2D eigenvalue weighted by molar-refractivity contribution is 6.03. The molecule has 4 rings (SSSR count). The van der Waals surface area contributed by atoms with E-state index in [-0.39, 0.29) is 17.9 Å². The lowest BCUT2D eigenvalue weighted by molar-refractivity contribution is -0.133. The Morgan fingerprint density at radius 3 is 2.71 bits per heavy atom. The average Bonchev–Trinajstić information content (AvgIpc) is 3.32. The minimum atomic E-state index is -0.905. The van der Waals surface area contributed by atoms with E-state index < -0.39 is 5.54 Å². The van der Waals surface area contributed by atoms with E-state index >= 15 is 0 Å². The number of hydrogen-bond acceptors (Lipinski definition) is 3. The first-order valence-corrected chi connectivity index (χ1v) is 10.3. The number of methoxy groups -OCH3 is 1. The van der Waals surface area contributed by atoms with Gasteiger partial charge in [0, 0.05) is 24.0 Å². The molecule has 1 aliphatic heterocycles. The number of amides is 2. The number of benzene rings is 1. The van der Waals surface area contributed by atoms with Gasteiger partial charge in [0.15, 0.2) is 0 Å². The first-order chi connectivity index (χ1) is 13.5. The Bertz CT molecular complexity index is 913. The van der Waals surface area contributed by atoms with Crippen LogP contribution in [0.25, 0.3) is 10.9 Å². The van der Waals surface area contributed by atoms with Crippen molar-refractivity contribution in [1.29, 1.82) is 0 Å². The second kappa shape index (κ2) is 7.15. The van der Waals surface area contributed by atoms with E-state index in [0.717, 1.165) is 48.8 Å². The van der Waals surface area contributed by atoms with E-state index in [9.17, 15) is 9.59 Å². The number of nitrogens with one attached hydrogen (secondary N) is 1. The van der Waals surface area contributed by atoms with Crippen LogP contribution in [0.5, 0.6) is 5.75 Å². The summed E-state index contributed by atoms with van der Waals surface area (Å²) in [4.78, 5) is 28.5. The number of fused-ring (bicyclic) bond motifs is 3. The van der Waals surface area contributed by atoms with Gasteiger partial charge in [-0.25, -0.2) is 0 Å². The van der Waals surface area contributed by atoms with Crippen LogP contribution in [-0.2, 0) is 11.3 Å². The van der Waals surface area contributed by atoms with Crippen molar-refractivity contribution in [1.82, 2.24) is 14.8 Å². The molecule has 2 aromatic rings. The first kappa shape index (κ1) is 18.8. The van der Waals surface area contributed by atoms with Crippen LogP contribution in [0.2, 0.25) is 0 Å². The fourth-order valence-electron chi connectivity index (χ4n) is 4.64. The van der Waals surface area contributed by atoms with Crippen molar-refractivity contribution < 1.29 is 14.3 Å². The minimum Gasteiger partial charge on any atom is -0.497 e. The second-order valence-corrected chi connectivity index (χ2v) is 8.23. The average molecular weight is 383 g/mol. The summed E-state index contributed by atoms with van der Waals surface area (Å²) in [5.41, 5.74) is 0.666. The highest BCUT2D eigenvalue weighted by Crippen LogP contribution is 2.34. The molecule has 1 aromatic heterocycles. The predicted octanol–water partition coefficient (Wildman–Crippen LogP) is 3.33. The smallest absolute Gasteiger partial charge is 0.271 e. The number of ether oxygens (including phenoxy) is 1. The van der Waals surface area contributed by atoms with Gasteiger partial charge in [0.1, 0.15) is 17.0 Å². The maximum absolute atomic E-state index is 13.4. The molecular formula is C22H29N3O3.